The van der Waals surface area contributed by atoms with Crippen molar-refractivity contribution >= 4 is 22.8 Å². The molecule has 0 spiro atoms. The van der Waals surface area contributed by atoms with Crippen LogP contribution >= 0.6 is 0 Å². The molecule has 1 aromatic carbocycles. The van der Waals surface area contributed by atoms with Gasteiger partial charge in [0.25, 0.3) is 0 Å². The van der Waals surface area contributed by atoms with Crippen LogP contribution in [0.1, 0.15) is 38.3 Å². The van der Waals surface area contributed by atoms with E-state index < -0.39 is 18.0 Å². The first-order valence-corrected chi connectivity index (χ1v) is 9.64. The van der Waals surface area contributed by atoms with Crippen LogP contribution in [0.15, 0.2) is 24.3 Å². The molecule has 0 radical (unpaired) electrons. The van der Waals surface area contributed by atoms with Crippen molar-refractivity contribution in [1.29, 1.82) is 5.26 Å². The molecule has 1 aliphatic heterocycles. The van der Waals surface area contributed by atoms with Crippen molar-refractivity contribution in [3.05, 3.63) is 30.0 Å². The molecule has 1 fully saturated rings. The fourth-order valence-corrected chi connectivity index (χ4v) is 3.41. The summed E-state index contributed by atoms with van der Waals surface area (Å²) in [5.74, 6) is -0.498. The van der Waals surface area contributed by atoms with E-state index in [0.717, 1.165) is 31.4 Å². The lowest BCUT2D eigenvalue weighted by Gasteiger charge is -2.32. The fraction of sp³-hybridized carbons (Fsp3) is 0.524. The first kappa shape index (κ1) is 20.0. The molecule has 0 aliphatic carbocycles. The molecule has 3 rings (SSSR count). The number of nitrogens with zero attached hydrogens (tertiary/aromatic N) is 4. The van der Waals surface area contributed by atoms with Crippen molar-refractivity contribution in [2.24, 2.45) is 5.92 Å². The Labute approximate surface area is 165 Å². The predicted molar refractivity (Wildman–Crippen MR) is 106 cm³/mol. The van der Waals surface area contributed by atoms with Gasteiger partial charge in [-0.25, -0.2) is 9.97 Å². The molecule has 2 aromatic rings. The monoisotopic (exact) mass is 382 g/mol. The molecule has 1 saturated heterocycles. The van der Waals surface area contributed by atoms with E-state index in [1.165, 1.54) is 7.11 Å². The summed E-state index contributed by atoms with van der Waals surface area (Å²) < 4.78 is 10.4. The van der Waals surface area contributed by atoms with Gasteiger partial charge in [0.1, 0.15) is 11.8 Å². The molecule has 1 aromatic heterocycles. The van der Waals surface area contributed by atoms with Crippen LogP contribution in [-0.2, 0) is 14.3 Å². The van der Waals surface area contributed by atoms with Gasteiger partial charge in [-0.2, -0.15) is 5.26 Å². The number of fused-ring (bicyclic) bond motifs is 1. The van der Waals surface area contributed by atoms with Crippen molar-refractivity contribution < 1.29 is 14.3 Å². The van der Waals surface area contributed by atoms with Crippen LogP contribution in [0.25, 0.3) is 11.0 Å². The maximum Gasteiger partial charge on any atom is 0.330 e. The molecule has 0 N–H and O–H groups in total. The summed E-state index contributed by atoms with van der Waals surface area (Å²) >= 11 is 0. The Kier molecular flexibility index (Phi) is 6.42. The third kappa shape index (κ3) is 4.39. The minimum Gasteiger partial charge on any atom is -0.459 e. The lowest BCUT2D eigenvalue weighted by atomic mass is 9.98. The topological polar surface area (TPSA) is 88.3 Å². The summed E-state index contributed by atoms with van der Waals surface area (Å²) in [7, 11) is 1.54. The van der Waals surface area contributed by atoms with Gasteiger partial charge < -0.3 is 14.4 Å². The molecule has 148 valence electrons. The van der Waals surface area contributed by atoms with Crippen molar-refractivity contribution in [2.45, 2.75) is 38.7 Å². The Balaban J connectivity index is 2.00. The minimum atomic E-state index is -1.13. The normalized spacial score (nSPS) is 17.1. The van der Waals surface area contributed by atoms with Crippen LogP contribution in [0.3, 0.4) is 0 Å². The summed E-state index contributed by atoms with van der Waals surface area (Å²) in [5, 5.41) is 9.76. The fourth-order valence-electron chi connectivity index (χ4n) is 3.41. The lowest BCUT2D eigenvalue weighted by Crippen LogP contribution is -2.35. The SMILES string of the molecule is COC[C@@H](C)OC(=O)[C@H](C#N)c1nc2ccccc2nc1N1CCC(C)CC1. The van der Waals surface area contributed by atoms with Gasteiger partial charge in [0, 0.05) is 20.2 Å². The maximum atomic E-state index is 12.7. The Morgan fingerprint density at radius 1 is 1.29 bits per heavy atom. The number of anilines is 1. The number of hydrogen-bond acceptors (Lipinski definition) is 7. The number of nitriles is 1. The molecule has 0 saturated carbocycles. The van der Waals surface area contributed by atoms with E-state index in [0.29, 0.717) is 22.9 Å². The van der Waals surface area contributed by atoms with E-state index in [9.17, 15) is 10.1 Å². The molecule has 1 aliphatic rings. The molecule has 2 atom stereocenters. The number of ether oxygens (including phenoxy) is 2. The Hall–Kier alpha value is -2.72. The molecule has 0 bridgehead atoms. The quantitative estimate of drug-likeness (QED) is 0.710. The summed E-state index contributed by atoms with van der Waals surface area (Å²) in [6, 6.07) is 9.57. The third-order valence-electron chi connectivity index (χ3n) is 5.02. The number of para-hydroxylation sites is 2. The van der Waals surface area contributed by atoms with Crippen LogP contribution in [0.4, 0.5) is 5.82 Å². The van der Waals surface area contributed by atoms with E-state index in [-0.39, 0.29) is 6.61 Å². The second-order valence-electron chi connectivity index (χ2n) is 7.36. The van der Waals surface area contributed by atoms with Gasteiger partial charge in [0.2, 0.25) is 0 Å². The number of piperidine rings is 1. The highest BCUT2D eigenvalue weighted by Crippen LogP contribution is 2.30. The molecule has 0 amide bonds. The molecule has 28 heavy (non-hydrogen) atoms. The third-order valence-corrected chi connectivity index (χ3v) is 5.02. The summed E-state index contributed by atoms with van der Waals surface area (Å²) in [6.07, 6.45) is 1.64. The Morgan fingerprint density at radius 3 is 2.54 bits per heavy atom. The molecular weight excluding hydrogens is 356 g/mol. The zero-order valence-electron chi connectivity index (χ0n) is 16.6. The van der Waals surface area contributed by atoms with Gasteiger partial charge in [-0.1, -0.05) is 19.1 Å². The molecule has 7 nitrogen and oxygen atoms in total. The number of carbonyl (C=O) groups is 1. The summed E-state index contributed by atoms with van der Waals surface area (Å²) in [6.45, 7) is 5.89. The van der Waals surface area contributed by atoms with E-state index >= 15 is 0 Å². The van der Waals surface area contributed by atoms with Gasteiger partial charge in [-0.15, -0.1) is 0 Å². The Morgan fingerprint density at radius 2 is 1.93 bits per heavy atom. The van der Waals surface area contributed by atoms with Crippen molar-refractivity contribution in [2.75, 3.05) is 31.7 Å². The van der Waals surface area contributed by atoms with E-state index in [1.807, 2.05) is 24.3 Å². The van der Waals surface area contributed by atoms with Gasteiger partial charge in [0.05, 0.1) is 23.7 Å². The van der Waals surface area contributed by atoms with E-state index in [1.54, 1.807) is 6.92 Å². The average molecular weight is 382 g/mol. The number of esters is 1. The summed E-state index contributed by atoms with van der Waals surface area (Å²) in [5.41, 5.74) is 1.77. The van der Waals surface area contributed by atoms with Crippen LogP contribution in [0, 0.1) is 17.2 Å². The van der Waals surface area contributed by atoms with Gasteiger partial charge in [0.15, 0.2) is 11.7 Å². The van der Waals surface area contributed by atoms with Crippen molar-refractivity contribution in [3.8, 4) is 6.07 Å². The number of aromatic nitrogens is 2. The highest BCUT2D eigenvalue weighted by Gasteiger charge is 2.32. The highest BCUT2D eigenvalue weighted by molar-refractivity contribution is 5.85. The van der Waals surface area contributed by atoms with E-state index in [4.69, 9.17) is 14.5 Å². The van der Waals surface area contributed by atoms with Gasteiger partial charge in [-0.3, -0.25) is 4.79 Å². The molecule has 0 unspecified atom stereocenters. The number of carbonyl (C=O) groups excluding carboxylic acids is 1. The molecule has 2 heterocycles. The number of benzene rings is 1. The van der Waals surface area contributed by atoms with Crippen LogP contribution in [-0.4, -0.2) is 48.8 Å². The number of hydrogen-bond donors (Lipinski definition) is 0. The number of methoxy groups -OCH3 is 1. The largest absolute Gasteiger partial charge is 0.459 e. The standard InChI is InChI=1S/C21H26N4O3/c1-14-8-10-25(11-9-14)20-19(23-17-6-4-5-7-18(17)24-20)16(12-22)21(26)28-15(2)13-27-3/h4-7,14-16H,8-11,13H2,1-3H3/t15-,16-/m1/s1. The zero-order chi connectivity index (χ0) is 20.1. The minimum absolute atomic E-state index is 0.268. The highest BCUT2D eigenvalue weighted by atomic mass is 16.6. The summed E-state index contributed by atoms with van der Waals surface area (Å²) in [4.78, 5) is 24.3. The number of rotatable bonds is 6. The maximum absolute atomic E-state index is 12.7. The smallest absolute Gasteiger partial charge is 0.330 e. The second-order valence-corrected chi connectivity index (χ2v) is 7.36. The van der Waals surface area contributed by atoms with Crippen molar-refractivity contribution in [3.63, 3.8) is 0 Å². The van der Waals surface area contributed by atoms with Crippen LogP contribution in [0.5, 0.6) is 0 Å². The van der Waals surface area contributed by atoms with E-state index in [2.05, 4.69) is 22.9 Å². The Bertz CT molecular complexity index is 872. The first-order chi connectivity index (χ1) is 13.5. The molecule has 7 heteroatoms. The average Bonchev–Trinajstić information content (AvgIpc) is 2.69. The lowest BCUT2D eigenvalue weighted by molar-refractivity contribution is -0.150. The van der Waals surface area contributed by atoms with Crippen LogP contribution < -0.4 is 4.90 Å². The van der Waals surface area contributed by atoms with Crippen molar-refractivity contribution in [1.82, 2.24) is 9.97 Å². The van der Waals surface area contributed by atoms with Gasteiger partial charge >= 0.3 is 5.97 Å². The molecular formula is C21H26N4O3. The second kappa shape index (κ2) is 8.98. The van der Waals surface area contributed by atoms with Gasteiger partial charge in [-0.05, 0) is 37.8 Å². The zero-order valence-corrected chi connectivity index (χ0v) is 16.6. The first-order valence-electron chi connectivity index (χ1n) is 9.64. The predicted octanol–water partition coefficient (Wildman–Crippen LogP) is 3.05. The van der Waals surface area contributed by atoms with Crippen LogP contribution in [0.2, 0.25) is 0 Å².